The topological polar surface area (TPSA) is 89.2 Å². The van der Waals surface area contributed by atoms with E-state index < -0.39 is 0 Å². The molecule has 0 aromatic carbocycles. The lowest BCUT2D eigenvalue weighted by molar-refractivity contribution is 0.205. The van der Waals surface area contributed by atoms with Crippen LogP contribution in [0.2, 0.25) is 0 Å². The number of likely N-dealkylation sites (tertiary alicyclic amines) is 1. The zero-order valence-corrected chi connectivity index (χ0v) is 18.1. The van der Waals surface area contributed by atoms with Crippen molar-refractivity contribution in [1.29, 1.82) is 0 Å². The molecular formula is C18H29N7OS2. The summed E-state index contributed by atoms with van der Waals surface area (Å²) in [5.74, 6) is 1.52. The largest absolute Gasteiger partial charge is 0.458 e. The van der Waals surface area contributed by atoms with Crippen molar-refractivity contribution in [3.63, 3.8) is 0 Å². The first-order chi connectivity index (χ1) is 13.6. The molecule has 0 aliphatic carbocycles. The van der Waals surface area contributed by atoms with E-state index in [0.717, 1.165) is 31.9 Å². The Labute approximate surface area is 177 Å². The maximum Gasteiger partial charge on any atom is 0.186 e. The van der Waals surface area contributed by atoms with Crippen LogP contribution in [0.1, 0.15) is 44.6 Å². The molecule has 2 heterocycles. The van der Waals surface area contributed by atoms with E-state index in [1.54, 1.807) is 6.21 Å². The summed E-state index contributed by atoms with van der Waals surface area (Å²) in [5, 5.41) is 15.3. The predicted octanol–water partition coefficient (Wildman–Crippen LogP) is 1.92. The first-order valence-electron chi connectivity index (χ1n) is 9.62. The molecule has 0 saturated carbocycles. The standard InChI is InChI=1S/C18H29N7OS2/c1-3-19-17(27)23-21-12-15(22-24-18(28)20-4-2)16-9-8-14(26-16)13-25-10-6-5-7-11-25/h8-9,12H,3-7,10-11,13H2,1-2H3,(H2,19,23,27)(H2,20,24,28)/b21-12+,22-15+. The molecule has 4 N–H and O–H groups in total. The highest BCUT2D eigenvalue weighted by Gasteiger charge is 2.14. The minimum Gasteiger partial charge on any atom is -0.458 e. The molecular weight excluding hydrogens is 394 g/mol. The van der Waals surface area contributed by atoms with Crippen LogP contribution in [0.3, 0.4) is 0 Å². The Morgan fingerprint density at radius 2 is 1.75 bits per heavy atom. The lowest BCUT2D eigenvalue weighted by Gasteiger charge is -2.25. The van der Waals surface area contributed by atoms with Crippen LogP contribution in [0.5, 0.6) is 0 Å². The third kappa shape index (κ3) is 7.91. The van der Waals surface area contributed by atoms with E-state index in [1.807, 2.05) is 26.0 Å². The number of hydrogen-bond acceptors (Lipinski definition) is 6. The fourth-order valence-electron chi connectivity index (χ4n) is 2.75. The van der Waals surface area contributed by atoms with Gasteiger partial charge in [0.05, 0.1) is 12.8 Å². The van der Waals surface area contributed by atoms with Gasteiger partial charge >= 0.3 is 0 Å². The van der Waals surface area contributed by atoms with Crippen molar-refractivity contribution < 1.29 is 4.42 Å². The quantitative estimate of drug-likeness (QED) is 0.287. The van der Waals surface area contributed by atoms with Gasteiger partial charge in [0.2, 0.25) is 0 Å². The Hall–Kier alpha value is -2.04. The van der Waals surface area contributed by atoms with Crippen molar-refractivity contribution in [3.05, 3.63) is 23.7 Å². The molecule has 1 aliphatic rings. The maximum absolute atomic E-state index is 6.00. The Morgan fingerprint density at radius 1 is 1.07 bits per heavy atom. The molecule has 2 rings (SSSR count). The molecule has 0 spiro atoms. The molecule has 0 atom stereocenters. The highest BCUT2D eigenvalue weighted by atomic mass is 32.1. The smallest absolute Gasteiger partial charge is 0.186 e. The summed E-state index contributed by atoms with van der Waals surface area (Å²) in [4.78, 5) is 2.41. The Kier molecular flexibility index (Phi) is 9.87. The monoisotopic (exact) mass is 423 g/mol. The fraction of sp³-hybridized carbons (Fsp3) is 0.556. The fourth-order valence-corrected chi connectivity index (χ4v) is 3.14. The lowest BCUT2D eigenvalue weighted by Crippen LogP contribution is -2.33. The average Bonchev–Trinajstić information content (AvgIpc) is 3.14. The van der Waals surface area contributed by atoms with Crippen molar-refractivity contribution in [2.45, 2.75) is 39.7 Å². The van der Waals surface area contributed by atoms with Crippen LogP contribution in [0.4, 0.5) is 0 Å². The van der Waals surface area contributed by atoms with Gasteiger partial charge in [0.25, 0.3) is 0 Å². The number of thiocarbonyl (C=S) groups is 2. The zero-order valence-electron chi connectivity index (χ0n) is 16.5. The van der Waals surface area contributed by atoms with Crippen LogP contribution in [0.15, 0.2) is 26.8 Å². The molecule has 0 amide bonds. The number of hydrazone groups is 2. The minimum absolute atomic E-state index is 0.435. The van der Waals surface area contributed by atoms with Gasteiger partial charge in [-0.3, -0.25) is 15.8 Å². The summed E-state index contributed by atoms with van der Waals surface area (Å²) in [6.45, 7) is 8.39. The third-order valence-electron chi connectivity index (χ3n) is 4.05. The van der Waals surface area contributed by atoms with Crippen LogP contribution >= 0.6 is 24.4 Å². The van der Waals surface area contributed by atoms with E-state index in [2.05, 4.69) is 36.6 Å². The summed E-state index contributed by atoms with van der Waals surface area (Å²) in [6.07, 6.45) is 5.35. The van der Waals surface area contributed by atoms with Crippen molar-refractivity contribution in [3.8, 4) is 0 Å². The van der Waals surface area contributed by atoms with Gasteiger partial charge in [-0.05, 0) is 76.3 Å². The van der Waals surface area contributed by atoms with Crippen LogP contribution in [-0.4, -0.2) is 53.2 Å². The molecule has 0 radical (unpaired) electrons. The average molecular weight is 424 g/mol. The summed E-state index contributed by atoms with van der Waals surface area (Å²) < 4.78 is 6.00. The Bertz CT molecular complexity index is 696. The molecule has 28 heavy (non-hydrogen) atoms. The second-order valence-electron chi connectivity index (χ2n) is 6.30. The summed E-state index contributed by atoms with van der Waals surface area (Å²) in [6, 6.07) is 3.87. The number of hydrogen-bond donors (Lipinski definition) is 4. The summed E-state index contributed by atoms with van der Waals surface area (Å²) >= 11 is 10.3. The Balaban J connectivity index is 2.06. The SMILES string of the molecule is CCNC(=S)N/N=C/C(=N\NC(=S)NCC)c1ccc(CN2CCCCC2)o1. The van der Waals surface area contributed by atoms with Crippen molar-refractivity contribution >= 4 is 46.6 Å². The van der Waals surface area contributed by atoms with Gasteiger partial charge in [0.1, 0.15) is 11.5 Å². The van der Waals surface area contributed by atoms with Crippen LogP contribution in [0.25, 0.3) is 0 Å². The highest BCUT2D eigenvalue weighted by molar-refractivity contribution is 7.80. The number of piperidine rings is 1. The summed E-state index contributed by atoms with van der Waals surface area (Å²) in [5.41, 5.74) is 6.07. The molecule has 10 heteroatoms. The van der Waals surface area contributed by atoms with Crippen LogP contribution < -0.4 is 21.5 Å². The van der Waals surface area contributed by atoms with Gasteiger partial charge in [-0.1, -0.05) is 6.42 Å². The minimum atomic E-state index is 0.435. The Morgan fingerprint density at radius 3 is 2.43 bits per heavy atom. The van der Waals surface area contributed by atoms with Gasteiger partial charge < -0.3 is 15.1 Å². The number of nitrogens with one attached hydrogen (secondary N) is 4. The second-order valence-corrected chi connectivity index (χ2v) is 7.12. The van der Waals surface area contributed by atoms with Gasteiger partial charge in [-0.2, -0.15) is 10.2 Å². The highest BCUT2D eigenvalue weighted by Crippen LogP contribution is 2.15. The summed E-state index contributed by atoms with van der Waals surface area (Å²) in [7, 11) is 0. The van der Waals surface area contributed by atoms with E-state index in [-0.39, 0.29) is 0 Å². The normalized spacial score (nSPS) is 15.4. The molecule has 8 nitrogen and oxygen atoms in total. The predicted molar refractivity (Wildman–Crippen MR) is 122 cm³/mol. The van der Waals surface area contributed by atoms with E-state index in [1.165, 1.54) is 19.3 Å². The van der Waals surface area contributed by atoms with Gasteiger partial charge in [0, 0.05) is 13.1 Å². The second kappa shape index (κ2) is 12.4. The molecule has 0 unspecified atom stereocenters. The number of rotatable bonds is 8. The molecule has 1 fully saturated rings. The van der Waals surface area contributed by atoms with Crippen LogP contribution in [0, 0.1) is 0 Å². The van der Waals surface area contributed by atoms with Gasteiger partial charge in [0.15, 0.2) is 16.0 Å². The zero-order chi connectivity index (χ0) is 20.2. The first-order valence-corrected chi connectivity index (χ1v) is 10.4. The number of nitrogens with zero attached hydrogens (tertiary/aromatic N) is 3. The van der Waals surface area contributed by atoms with E-state index in [9.17, 15) is 0 Å². The molecule has 0 bridgehead atoms. The molecule has 154 valence electrons. The lowest BCUT2D eigenvalue weighted by atomic mass is 10.1. The van der Waals surface area contributed by atoms with Gasteiger partial charge in [-0.15, -0.1) is 0 Å². The van der Waals surface area contributed by atoms with Crippen LogP contribution in [-0.2, 0) is 6.54 Å². The van der Waals surface area contributed by atoms with Crippen molar-refractivity contribution in [2.24, 2.45) is 10.2 Å². The van der Waals surface area contributed by atoms with E-state index in [4.69, 9.17) is 28.9 Å². The van der Waals surface area contributed by atoms with Gasteiger partial charge in [-0.25, -0.2) is 0 Å². The maximum atomic E-state index is 6.00. The number of furan rings is 1. The molecule has 1 aromatic rings. The molecule has 1 aromatic heterocycles. The van der Waals surface area contributed by atoms with Crippen molar-refractivity contribution in [2.75, 3.05) is 26.2 Å². The molecule has 1 saturated heterocycles. The van der Waals surface area contributed by atoms with Crippen molar-refractivity contribution in [1.82, 2.24) is 26.4 Å². The third-order valence-corrected chi connectivity index (χ3v) is 4.52. The first kappa shape index (κ1) is 22.3. The van der Waals surface area contributed by atoms with E-state index >= 15 is 0 Å². The van der Waals surface area contributed by atoms with E-state index in [0.29, 0.717) is 28.2 Å². The molecule has 1 aliphatic heterocycles.